The van der Waals surface area contributed by atoms with Gasteiger partial charge in [-0.3, -0.25) is 4.79 Å². The molecule has 0 aliphatic heterocycles. The van der Waals surface area contributed by atoms with Gasteiger partial charge in [0.15, 0.2) is 6.10 Å². The van der Waals surface area contributed by atoms with Crippen molar-refractivity contribution in [3.8, 4) is 5.75 Å². The summed E-state index contributed by atoms with van der Waals surface area (Å²) in [7, 11) is 0. The molecule has 0 saturated heterocycles. The third-order valence-corrected chi connectivity index (χ3v) is 2.12. The van der Waals surface area contributed by atoms with Gasteiger partial charge in [-0.1, -0.05) is 11.6 Å². The average Bonchev–Trinajstić information content (AvgIpc) is 2.11. The van der Waals surface area contributed by atoms with E-state index >= 15 is 0 Å². The van der Waals surface area contributed by atoms with Crippen LogP contribution in [0.15, 0.2) is 18.2 Å². The normalized spacial score (nSPS) is 12.3. The van der Waals surface area contributed by atoms with Gasteiger partial charge in [-0.15, -0.1) is 0 Å². The van der Waals surface area contributed by atoms with Gasteiger partial charge in [-0.25, -0.2) is 4.39 Å². The minimum atomic E-state index is -0.779. The summed E-state index contributed by atoms with van der Waals surface area (Å²) in [6, 6.07) is 3.81. The first-order valence-electron chi connectivity index (χ1n) is 3.81. The summed E-state index contributed by atoms with van der Waals surface area (Å²) in [5.41, 5.74) is 0. The van der Waals surface area contributed by atoms with Gasteiger partial charge in [-0.05, 0) is 30.7 Å². The predicted octanol–water partition coefficient (Wildman–Crippen LogP) is 3.01. The third-order valence-electron chi connectivity index (χ3n) is 1.52. The van der Waals surface area contributed by atoms with Crippen molar-refractivity contribution in [2.45, 2.75) is 13.0 Å². The smallest absolute Gasteiger partial charge is 0.262 e. The maximum Gasteiger partial charge on any atom is 0.262 e. The molecule has 14 heavy (non-hydrogen) atoms. The van der Waals surface area contributed by atoms with Crippen LogP contribution in [0.4, 0.5) is 4.39 Å². The first-order chi connectivity index (χ1) is 6.50. The number of carbonyl (C=O) groups is 1. The molecule has 5 heteroatoms. The summed E-state index contributed by atoms with van der Waals surface area (Å²) in [5, 5.41) is -0.679. The highest BCUT2D eigenvalue weighted by Gasteiger charge is 2.12. The van der Waals surface area contributed by atoms with Crippen LogP contribution in [0.5, 0.6) is 5.75 Å². The first-order valence-corrected chi connectivity index (χ1v) is 4.57. The molecule has 1 rings (SSSR count). The van der Waals surface area contributed by atoms with E-state index in [4.69, 9.17) is 27.9 Å². The topological polar surface area (TPSA) is 26.3 Å². The number of carbonyl (C=O) groups excluding carboxylic acids is 1. The highest BCUT2D eigenvalue weighted by Crippen LogP contribution is 2.22. The lowest BCUT2D eigenvalue weighted by Gasteiger charge is -2.10. The van der Waals surface area contributed by atoms with E-state index in [1.807, 2.05) is 0 Å². The monoisotopic (exact) mass is 236 g/mol. The van der Waals surface area contributed by atoms with Crippen LogP contribution in [0.2, 0.25) is 5.02 Å². The van der Waals surface area contributed by atoms with Crippen LogP contribution in [0.1, 0.15) is 6.92 Å². The molecule has 0 saturated carbocycles. The van der Waals surface area contributed by atoms with Crippen LogP contribution in [0, 0.1) is 5.82 Å². The molecule has 1 aromatic rings. The van der Waals surface area contributed by atoms with Gasteiger partial charge in [0.05, 0.1) is 5.02 Å². The van der Waals surface area contributed by atoms with E-state index < -0.39 is 17.2 Å². The van der Waals surface area contributed by atoms with Crippen LogP contribution in [-0.2, 0) is 4.79 Å². The maximum absolute atomic E-state index is 12.7. The molecule has 0 radical (unpaired) electrons. The molecule has 76 valence electrons. The van der Waals surface area contributed by atoms with Crippen LogP contribution in [0.25, 0.3) is 0 Å². The van der Waals surface area contributed by atoms with E-state index in [1.54, 1.807) is 0 Å². The Kier molecular flexibility index (Phi) is 3.72. The molecule has 2 nitrogen and oxygen atoms in total. The Hall–Kier alpha value is -0.800. The second-order valence-electron chi connectivity index (χ2n) is 2.64. The lowest BCUT2D eigenvalue weighted by atomic mass is 10.3. The molecule has 0 aliphatic rings. The number of halogens is 3. The molecule has 1 aromatic carbocycles. The Bertz CT molecular complexity index is 355. The third kappa shape index (κ3) is 2.86. The van der Waals surface area contributed by atoms with Gasteiger partial charge in [-0.2, -0.15) is 0 Å². The number of benzene rings is 1. The lowest BCUT2D eigenvalue weighted by Crippen LogP contribution is -2.18. The molecule has 0 spiro atoms. The van der Waals surface area contributed by atoms with Crippen molar-refractivity contribution in [2.75, 3.05) is 0 Å². The Morgan fingerprint density at radius 1 is 1.57 bits per heavy atom. The summed E-state index contributed by atoms with van der Waals surface area (Å²) in [4.78, 5) is 10.6. The molecule has 0 aromatic heterocycles. The van der Waals surface area contributed by atoms with Crippen LogP contribution in [0.3, 0.4) is 0 Å². The molecule has 0 amide bonds. The highest BCUT2D eigenvalue weighted by molar-refractivity contribution is 6.64. The van der Waals surface area contributed by atoms with Crippen LogP contribution >= 0.6 is 23.2 Å². The van der Waals surface area contributed by atoms with Crippen molar-refractivity contribution in [1.29, 1.82) is 0 Å². The van der Waals surface area contributed by atoms with Gasteiger partial charge >= 0.3 is 0 Å². The quantitative estimate of drug-likeness (QED) is 0.755. The molecule has 0 heterocycles. The molecular formula is C9H7Cl2FO2. The molecule has 1 unspecified atom stereocenters. The molecule has 0 aliphatic carbocycles. The fourth-order valence-corrected chi connectivity index (χ4v) is 1.02. The fourth-order valence-electron chi connectivity index (χ4n) is 0.801. The predicted molar refractivity (Wildman–Crippen MR) is 52.4 cm³/mol. The zero-order valence-corrected chi connectivity index (χ0v) is 8.77. The SMILES string of the molecule is CC(Oc1ccc(F)c(Cl)c1)C(=O)Cl. The van der Waals surface area contributed by atoms with Gasteiger partial charge in [0.2, 0.25) is 0 Å². The Balaban J connectivity index is 2.78. The number of rotatable bonds is 3. The Morgan fingerprint density at radius 3 is 2.71 bits per heavy atom. The van der Waals surface area contributed by atoms with E-state index in [0.717, 1.165) is 6.07 Å². The number of ether oxygens (including phenoxy) is 1. The van der Waals surface area contributed by atoms with Gasteiger partial charge in [0.1, 0.15) is 11.6 Å². The van der Waals surface area contributed by atoms with Crippen LogP contribution < -0.4 is 4.74 Å². The zero-order chi connectivity index (χ0) is 10.7. The van der Waals surface area contributed by atoms with Gasteiger partial charge < -0.3 is 4.74 Å². The van der Waals surface area contributed by atoms with E-state index in [9.17, 15) is 9.18 Å². The molecule has 0 fully saturated rings. The van der Waals surface area contributed by atoms with Crippen molar-refractivity contribution in [1.82, 2.24) is 0 Å². The van der Waals surface area contributed by atoms with Crippen molar-refractivity contribution in [3.63, 3.8) is 0 Å². The molecule has 0 N–H and O–H groups in total. The molecule has 0 bridgehead atoms. The largest absolute Gasteiger partial charge is 0.482 e. The highest BCUT2D eigenvalue weighted by atomic mass is 35.5. The van der Waals surface area contributed by atoms with E-state index in [0.29, 0.717) is 5.75 Å². The number of hydrogen-bond donors (Lipinski definition) is 0. The summed E-state index contributed by atoms with van der Waals surface area (Å²) in [6.45, 7) is 1.49. The van der Waals surface area contributed by atoms with Crippen molar-refractivity contribution < 1.29 is 13.9 Å². The standard InChI is InChI=1S/C9H7Cl2FO2/c1-5(9(11)13)14-6-2-3-8(12)7(10)4-6/h2-5H,1H3. The van der Waals surface area contributed by atoms with Crippen molar-refractivity contribution in [2.24, 2.45) is 0 Å². The summed E-state index contributed by atoms with van der Waals surface area (Å²) in [6.07, 6.45) is -0.779. The van der Waals surface area contributed by atoms with Crippen LogP contribution in [-0.4, -0.2) is 11.3 Å². The summed E-state index contributed by atoms with van der Waals surface area (Å²) >= 11 is 10.7. The maximum atomic E-state index is 12.7. The summed E-state index contributed by atoms with van der Waals surface area (Å²) < 4.78 is 17.8. The van der Waals surface area contributed by atoms with E-state index in [1.165, 1.54) is 19.1 Å². The second kappa shape index (κ2) is 4.62. The molecular weight excluding hydrogens is 230 g/mol. The first kappa shape index (κ1) is 11.3. The second-order valence-corrected chi connectivity index (χ2v) is 3.42. The minimum Gasteiger partial charge on any atom is -0.482 e. The Morgan fingerprint density at radius 2 is 2.21 bits per heavy atom. The van der Waals surface area contributed by atoms with Gasteiger partial charge in [0.25, 0.3) is 5.24 Å². The average molecular weight is 237 g/mol. The molecule has 1 atom stereocenters. The van der Waals surface area contributed by atoms with Crippen molar-refractivity contribution in [3.05, 3.63) is 29.0 Å². The lowest BCUT2D eigenvalue weighted by molar-refractivity contribution is -0.117. The zero-order valence-electron chi connectivity index (χ0n) is 7.26. The minimum absolute atomic E-state index is 0.0586. The van der Waals surface area contributed by atoms with E-state index in [-0.39, 0.29) is 5.02 Å². The van der Waals surface area contributed by atoms with E-state index in [2.05, 4.69) is 0 Å². The number of hydrogen-bond acceptors (Lipinski definition) is 2. The van der Waals surface area contributed by atoms with Crippen molar-refractivity contribution >= 4 is 28.4 Å². The summed E-state index contributed by atoms with van der Waals surface area (Å²) in [5.74, 6) is -0.234. The fraction of sp³-hybridized carbons (Fsp3) is 0.222. The Labute approximate surface area is 90.6 Å². The van der Waals surface area contributed by atoms with Gasteiger partial charge in [0, 0.05) is 6.07 Å².